The Hall–Kier alpha value is -2.92. The molecule has 0 saturated heterocycles. The first-order valence-corrected chi connectivity index (χ1v) is 22.1. The van der Waals surface area contributed by atoms with Crippen molar-refractivity contribution in [1.29, 1.82) is 0 Å². The van der Waals surface area contributed by atoms with Gasteiger partial charge in [-0.3, -0.25) is 9.59 Å². The van der Waals surface area contributed by atoms with E-state index < -0.39 is 6.10 Å². The summed E-state index contributed by atoms with van der Waals surface area (Å²) >= 11 is 0. The molecule has 0 amide bonds. The number of esters is 2. The zero-order valence-corrected chi connectivity index (χ0v) is 35.2. The van der Waals surface area contributed by atoms with Gasteiger partial charge < -0.3 is 14.2 Å². The van der Waals surface area contributed by atoms with Crippen LogP contribution in [-0.2, 0) is 23.8 Å². The van der Waals surface area contributed by atoms with Crippen LogP contribution in [0.3, 0.4) is 0 Å². The lowest BCUT2D eigenvalue weighted by Gasteiger charge is -2.18. The first-order valence-electron chi connectivity index (χ1n) is 22.1. The molecule has 0 bridgehead atoms. The predicted octanol–water partition coefficient (Wildman–Crippen LogP) is 14.6. The van der Waals surface area contributed by atoms with Crippen LogP contribution in [0.25, 0.3) is 0 Å². The van der Waals surface area contributed by atoms with Crippen molar-refractivity contribution < 1.29 is 23.8 Å². The quantitative estimate of drug-likeness (QED) is 0.0356. The minimum absolute atomic E-state index is 0.0412. The molecule has 0 fully saturated rings. The molecule has 0 aromatic rings. The number of carbonyl (C=O) groups excluding carboxylic acids is 2. The molecule has 0 aliphatic heterocycles. The molecule has 5 nitrogen and oxygen atoms in total. The number of unbranched alkanes of at least 4 members (excludes halogenated alkanes) is 14. The first kappa shape index (κ1) is 51.1. The Morgan fingerprint density at radius 2 is 0.870 bits per heavy atom. The average molecular weight is 751 g/mol. The standard InChI is InChI=1S/C49H82O5/c1-4-7-10-13-16-18-20-22-23-24-25-26-28-30-32-35-38-41-44-52-45-47(54-49(51)43-40-37-33-15-12-9-6-3)46-53-48(50)42-39-36-34-31-29-27-21-19-17-14-11-8-5-2/h7-8,10-11,16-19,22-23,27,29,34,36,47H,4-6,9,12-15,20-21,24-26,28,30-33,35,37-46H2,1-3H3/b10-7-,11-8-,18-16-,19-17-,23-22-,29-27-,36-34-. The number of hydrogen-bond acceptors (Lipinski definition) is 5. The number of rotatable bonds is 39. The molecule has 1 atom stereocenters. The van der Waals surface area contributed by atoms with Crippen LogP contribution in [0, 0.1) is 0 Å². The highest BCUT2D eigenvalue weighted by atomic mass is 16.6. The van der Waals surface area contributed by atoms with Gasteiger partial charge >= 0.3 is 11.9 Å². The summed E-state index contributed by atoms with van der Waals surface area (Å²) in [5, 5.41) is 0. The summed E-state index contributed by atoms with van der Waals surface area (Å²) in [5.74, 6) is -0.506. The van der Waals surface area contributed by atoms with E-state index >= 15 is 0 Å². The molecule has 0 N–H and O–H groups in total. The van der Waals surface area contributed by atoms with Gasteiger partial charge in [-0.25, -0.2) is 0 Å². The van der Waals surface area contributed by atoms with Crippen LogP contribution < -0.4 is 0 Å². The molecular formula is C49H82O5. The maximum absolute atomic E-state index is 12.6. The monoisotopic (exact) mass is 751 g/mol. The third-order valence-electron chi connectivity index (χ3n) is 8.94. The molecule has 0 saturated carbocycles. The van der Waals surface area contributed by atoms with Gasteiger partial charge in [0.15, 0.2) is 6.10 Å². The molecule has 0 heterocycles. The number of allylic oxidation sites excluding steroid dienone is 14. The fraction of sp³-hybridized carbons (Fsp3) is 0.673. The summed E-state index contributed by atoms with van der Waals surface area (Å²) in [6.07, 6.45) is 57.5. The Bertz CT molecular complexity index is 1030. The summed E-state index contributed by atoms with van der Waals surface area (Å²) in [6, 6.07) is 0. The smallest absolute Gasteiger partial charge is 0.306 e. The van der Waals surface area contributed by atoms with E-state index in [0.29, 0.717) is 25.9 Å². The fourth-order valence-corrected chi connectivity index (χ4v) is 5.71. The lowest BCUT2D eigenvalue weighted by Crippen LogP contribution is -2.30. The largest absolute Gasteiger partial charge is 0.462 e. The van der Waals surface area contributed by atoms with Crippen molar-refractivity contribution in [3.8, 4) is 0 Å². The molecule has 5 heteroatoms. The summed E-state index contributed by atoms with van der Waals surface area (Å²) < 4.78 is 17.2. The lowest BCUT2D eigenvalue weighted by atomic mass is 10.1. The van der Waals surface area contributed by atoms with Crippen LogP contribution in [0.2, 0.25) is 0 Å². The highest BCUT2D eigenvalue weighted by Crippen LogP contribution is 2.12. The molecule has 0 spiro atoms. The first-order chi connectivity index (χ1) is 26.6. The summed E-state index contributed by atoms with van der Waals surface area (Å²) in [7, 11) is 0. The Balaban J connectivity index is 4.25. The Kier molecular flexibility index (Phi) is 42.1. The topological polar surface area (TPSA) is 61.8 Å². The highest BCUT2D eigenvalue weighted by molar-refractivity contribution is 5.70. The number of hydrogen-bond donors (Lipinski definition) is 0. The average Bonchev–Trinajstić information content (AvgIpc) is 3.17. The fourth-order valence-electron chi connectivity index (χ4n) is 5.71. The third-order valence-corrected chi connectivity index (χ3v) is 8.94. The van der Waals surface area contributed by atoms with Crippen LogP contribution in [0.4, 0.5) is 0 Å². The van der Waals surface area contributed by atoms with Gasteiger partial charge in [0.25, 0.3) is 0 Å². The molecule has 1 unspecified atom stereocenters. The van der Waals surface area contributed by atoms with Crippen molar-refractivity contribution in [1.82, 2.24) is 0 Å². The second kappa shape index (κ2) is 44.5. The van der Waals surface area contributed by atoms with Crippen molar-refractivity contribution in [2.75, 3.05) is 19.8 Å². The van der Waals surface area contributed by atoms with E-state index in [0.717, 1.165) is 77.0 Å². The van der Waals surface area contributed by atoms with Crippen molar-refractivity contribution in [2.45, 2.75) is 194 Å². The normalized spacial score (nSPS) is 13.0. The molecule has 0 aliphatic rings. The van der Waals surface area contributed by atoms with Crippen molar-refractivity contribution in [3.63, 3.8) is 0 Å². The number of ether oxygens (including phenoxy) is 3. The van der Waals surface area contributed by atoms with Gasteiger partial charge in [0.05, 0.1) is 6.61 Å². The second-order valence-electron chi connectivity index (χ2n) is 14.2. The molecule has 0 aromatic carbocycles. The van der Waals surface area contributed by atoms with Crippen LogP contribution in [0.15, 0.2) is 85.1 Å². The Morgan fingerprint density at radius 1 is 0.426 bits per heavy atom. The molecular weight excluding hydrogens is 669 g/mol. The van der Waals surface area contributed by atoms with E-state index in [1.54, 1.807) is 0 Å². The summed E-state index contributed by atoms with van der Waals surface area (Å²) in [4.78, 5) is 25.0. The molecule has 0 radical (unpaired) electrons. The van der Waals surface area contributed by atoms with E-state index in [1.165, 1.54) is 70.6 Å². The van der Waals surface area contributed by atoms with E-state index in [4.69, 9.17) is 14.2 Å². The maximum Gasteiger partial charge on any atom is 0.306 e. The van der Waals surface area contributed by atoms with Crippen LogP contribution in [0.5, 0.6) is 0 Å². The van der Waals surface area contributed by atoms with E-state index in [1.807, 2.05) is 6.08 Å². The van der Waals surface area contributed by atoms with Crippen molar-refractivity contribution in [2.24, 2.45) is 0 Å². The highest BCUT2D eigenvalue weighted by Gasteiger charge is 2.17. The zero-order chi connectivity index (χ0) is 39.3. The van der Waals surface area contributed by atoms with Crippen LogP contribution in [-0.4, -0.2) is 37.9 Å². The van der Waals surface area contributed by atoms with E-state index in [9.17, 15) is 9.59 Å². The lowest BCUT2D eigenvalue weighted by molar-refractivity contribution is -0.162. The molecule has 0 rings (SSSR count). The predicted molar refractivity (Wildman–Crippen MR) is 233 cm³/mol. The van der Waals surface area contributed by atoms with Crippen molar-refractivity contribution >= 4 is 11.9 Å². The summed E-state index contributed by atoms with van der Waals surface area (Å²) in [6.45, 7) is 7.45. The minimum Gasteiger partial charge on any atom is -0.462 e. The SMILES string of the molecule is CC/C=C\C/C=C\C/C=C\C/C=C\CCC(=O)OCC(COCCCCCCCCCC/C=C\C/C=C\C/C=C\CC)OC(=O)CCCCCCCCC. The van der Waals surface area contributed by atoms with Gasteiger partial charge in [0.2, 0.25) is 0 Å². The van der Waals surface area contributed by atoms with Gasteiger partial charge in [-0.1, -0.05) is 183 Å². The Labute approximate surface area is 333 Å². The zero-order valence-electron chi connectivity index (χ0n) is 35.2. The van der Waals surface area contributed by atoms with E-state index in [-0.39, 0.29) is 25.2 Å². The van der Waals surface area contributed by atoms with Gasteiger partial charge in [-0.2, -0.15) is 0 Å². The molecule has 54 heavy (non-hydrogen) atoms. The second-order valence-corrected chi connectivity index (χ2v) is 14.2. The number of carbonyl (C=O) groups is 2. The van der Waals surface area contributed by atoms with E-state index in [2.05, 4.69) is 99.8 Å². The van der Waals surface area contributed by atoms with Gasteiger partial charge in [-0.05, 0) is 77.0 Å². The third kappa shape index (κ3) is 41.8. The van der Waals surface area contributed by atoms with Gasteiger partial charge in [0, 0.05) is 19.4 Å². The van der Waals surface area contributed by atoms with Crippen LogP contribution in [0.1, 0.15) is 188 Å². The molecule has 0 aromatic heterocycles. The molecule has 0 aliphatic carbocycles. The summed E-state index contributed by atoms with van der Waals surface area (Å²) in [5.41, 5.74) is 0. The Morgan fingerprint density at radius 3 is 1.41 bits per heavy atom. The van der Waals surface area contributed by atoms with Gasteiger partial charge in [-0.15, -0.1) is 0 Å². The maximum atomic E-state index is 12.6. The minimum atomic E-state index is -0.567. The molecule has 308 valence electrons. The van der Waals surface area contributed by atoms with Gasteiger partial charge in [0.1, 0.15) is 6.61 Å². The van der Waals surface area contributed by atoms with Crippen LogP contribution >= 0.6 is 0 Å². The van der Waals surface area contributed by atoms with Crippen molar-refractivity contribution in [3.05, 3.63) is 85.1 Å².